The normalized spacial score (nSPS) is 11.4. The van der Waals surface area contributed by atoms with Gasteiger partial charge in [-0.2, -0.15) is 0 Å². The molecule has 0 bridgehead atoms. The van der Waals surface area contributed by atoms with E-state index in [-0.39, 0.29) is 11.5 Å². The minimum absolute atomic E-state index is 0.228. The zero-order valence-corrected chi connectivity index (χ0v) is 15.5. The summed E-state index contributed by atoms with van der Waals surface area (Å²) in [5.41, 5.74) is 0.228. The number of hydrogen-bond donors (Lipinski definition) is 1. The number of ether oxygens (including phenoxy) is 4. The molecule has 0 heterocycles. The average Bonchev–Trinajstić information content (AvgIpc) is 2.58. The highest BCUT2D eigenvalue weighted by atomic mass is 16.6. The Morgan fingerprint density at radius 1 is 0.960 bits per heavy atom. The van der Waals surface area contributed by atoms with Gasteiger partial charge in [0.2, 0.25) is 5.75 Å². The highest BCUT2D eigenvalue weighted by Crippen LogP contribution is 2.39. The molecule has 0 saturated heterocycles. The molecule has 7 heteroatoms. The highest BCUT2D eigenvalue weighted by molar-refractivity contribution is 5.93. The predicted molar refractivity (Wildman–Crippen MR) is 93.5 cm³/mol. The van der Waals surface area contributed by atoms with Gasteiger partial charge < -0.3 is 24.3 Å². The number of likely N-dealkylation sites (N-methyl/N-ethyl adjacent to an activating group) is 1. The number of carbonyl (C=O) groups is 2. The van der Waals surface area contributed by atoms with E-state index in [0.29, 0.717) is 43.6 Å². The van der Waals surface area contributed by atoms with Crippen molar-refractivity contribution in [2.24, 2.45) is 0 Å². The molecule has 0 saturated carbocycles. The van der Waals surface area contributed by atoms with Crippen molar-refractivity contribution >= 4 is 11.9 Å². The number of carbonyl (C=O) groups excluding carboxylic acids is 2. The third-order valence-corrected chi connectivity index (χ3v) is 3.15. The van der Waals surface area contributed by atoms with Gasteiger partial charge in [0.15, 0.2) is 17.6 Å². The van der Waals surface area contributed by atoms with Crippen molar-refractivity contribution in [2.45, 2.75) is 40.7 Å². The molecule has 1 N–H and O–H groups in total. The largest absolute Gasteiger partial charge is 0.490 e. The van der Waals surface area contributed by atoms with Crippen LogP contribution in [0.4, 0.5) is 0 Å². The van der Waals surface area contributed by atoms with Crippen LogP contribution in [0.25, 0.3) is 0 Å². The van der Waals surface area contributed by atoms with Crippen LogP contribution < -0.4 is 19.5 Å². The number of benzene rings is 1. The van der Waals surface area contributed by atoms with Gasteiger partial charge in [-0.3, -0.25) is 4.79 Å². The van der Waals surface area contributed by atoms with Gasteiger partial charge in [0.25, 0.3) is 5.91 Å². The van der Waals surface area contributed by atoms with E-state index < -0.39 is 12.1 Å². The topological polar surface area (TPSA) is 83.1 Å². The molecule has 0 spiro atoms. The Bertz CT molecular complexity index is 560. The van der Waals surface area contributed by atoms with Gasteiger partial charge in [-0.1, -0.05) is 0 Å². The number of nitrogens with one attached hydrogen (secondary N) is 1. The smallest absolute Gasteiger partial charge is 0.339 e. The van der Waals surface area contributed by atoms with Crippen molar-refractivity contribution in [1.29, 1.82) is 0 Å². The predicted octanol–water partition coefficient (Wildman–Crippen LogP) is 2.56. The Morgan fingerprint density at radius 3 is 1.92 bits per heavy atom. The molecule has 0 aliphatic carbocycles. The third kappa shape index (κ3) is 5.85. The van der Waals surface area contributed by atoms with Crippen LogP contribution in [0.1, 0.15) is 45.0 Å². The minimum atomic E-state index is -0.898. The van der Waals surface area contributed by atoms with Crippen molar-refractivity contribution in [3.8, 4) is 17.2 Å². The number of amides is 1. The van der Waals surface area contributed by atoms with Gasteiger partial charge in [0, 0.05) is 6.54 Å². The summed E-state index contributed by atoms with van der Waals surface area (Å²) in [7, 11) is 0. The first-order chi connectivity index (χ1) is 12.0. The fraction of sp³-hybridized carbons (Fsp3) is 0.556. The van der Waals surface area contributed by atoms with E-state index in [1.54, 1.807) is 6.92 Å². The van der Waals surface area contributed by atoms with Crippen LogP contribution in [0.15, 0.2) is 12.1 Å². The van der Waals surface area contributed by atoms with Gasteiger partial charge in [-0.05, 0) is 46.8 Å². The van der Waals surface area contributed by atoms with Gasteiger partial charge in [-0.25, -0.2) is 4.79 Å². The van der Waals surface area contributed by atoms with E-state index in [2.05, 4.69) is 5.32 Å². The first kappa shape index (κ1) is 20.6. The summed E-state index contributed by atoms with van der Waals surface area (Å²) in [6.07, 6.45) is -0.898. The molecule has 0 aliphatic heterocycles. The van der Waals surface area contributed by atoms with Gasteiger partial charge >= 0.3 is 5.97 Å². The molecule has 7 nitrogen and oxygen atoms in total. The molecule has 0 aliphatic rings. The molecular formula is C18H27NO6. The van der Waals surface area contributed by atoms with Crippen molar-refractivity contribution in [3.05, 3.63) is 17.7 Å². The van der Waals surface area contributed by atoms with Crippen molar-refractivity contribution in [3.63, 3.8) is 0 Å². The first-order valence-electron chi connectivity index (χ1n) is 8.53. The molecule has 0 unspecified atom stereocenters. The number of rotatable bonds is 10. The van der Waals surface area contributed by atoms with Crippen molar-refractivity contribution < 1.29 is 28.5 Å². The summed E-state index contributed by atoms with van der Waals surface area (Å²) in [5, 5.41) is 2.61. The quantitative estimate of drug-likeness (QED) is 0.651. The molecule has 1 aromatic carbocycles. The van der Waals surface area contributed by atoms with E-state index in [9.17, 15) is 9.59 Å². The Hall–Kier alpha value is -2.44. The summed E-state index contributed by atoms with van der Waals surface area (Å²) in [6, 6.07) is 3.06. The summed E-state index contributed by atoms with van der Waals surface area (Å²) < 4.78 is 21.9. The van der Waals surface area contributed by atoms with Crippen LogP contribution in [-0.4, -0.2) is 44.3 Å². The zero-order valence-electron chi connectivity index (χ0n) is 15.5. The molecule has 25 heavy (non-hydrogen) atoms. The van der Waals surface area contributed by atoms with E-state index in [1.165, 1.54) is 19.1 Å². The van der Waals surface area contributed by atoms with E-state index in [4.69, 9.17) is 18.9 Å². The Morgan fingerprint density at radius 2 is 1.48 bits per heavy atom. The summed E-state index contributed by atoms with van der Waals surface area (Å²) in [6.45, 7) is 10.5. The highest BCUT2D eigenvalue weighted by Gasteiger charge is 2.22. The second-order valence-electron chi connectivity index (χ2n) is 5.04. The lowest BCUT2D eigenvalue weighted by molar-refractivity contribution is -0.128. The maximum absolute atomic E-state index is 12.4. The lowest BCUT2D eigenvalue weighted by atomic mass is 10.1. The fourth-order valence-electron chi connectivity index (χ4n) is 2.11. The minimum Gasteiger partial charge on any atom is -0.490 e. The lowest BCUT2D eigenvalue weighted by Gasteiger charge is -2.18. The molecule has 0 fully saturated rings. The molecule has 1 rings (SSSR count). The number of hydrogen-bond acceptors (Lipinski definition) is 6. The molecule has 0 aromatic heterocycles. The standard InChI is InChI=1S/C18H27NO6/c1-6-19-17(20)12(5)25-18(21)13-10-14(22-7-2)16(24-9-4)15(11-13)23-8-3/h10-12H,6-9H2,1-5H3,(H,19,20)/t12-/m1/s1. The van der Waals surface area contributed by atoms with Crippen LogP contribution in [0, 0.1) is 0 Å². The summed E-state index contributed by atoms with van der Waals surface area (Å²) in [4.78, 5) is 24.1. The Labute approximate surface area is 148 Å². The monoisotopic (exact) mass is 353 g/mol. The van der Waals surface area contributed by atoms with Crippen LogP contribution in [0.2, 0.25) is 0 Å². The van der Waals surface area contributed by atoms with Crippen molar-refractivity contribution in [1.82, 2.24) is 5.32 Å². The molecule has 0 radical (unpaired) electrons. The van der Waals surface area contributed by atoms with Gasteiger partial charge in [0.1, 0.15) is 0 Å². The molecule has 140 valence electrons. The lowest BCUT2D eigenvalue weighted by Crippen LogP contribution is -2.35. The van der Waals surface area contributed by atoms with Gasteiger partial charge in [0.05, 0.1) is 25.4 Å². The van der Waals surface area contributed by atoms with Crippen molar-refractivity contribution in [2.75, 3.05) is 26.4 Å². The van der Waals surface area contributed by atoms with Crippen LogP contribution in [0.5, 0.6) is 17.2 Å². The van der Waals surface area contributed by atoms with E-state index in [1.807, 2.05) is 20.8 Å². The third-order valence-electron chi connectivity index (χ3n) is 3.15. The maximum Gasteiger partial charge on any atom is 0.339 e. The number of esters is 1. The van der Waals surface area contributed by atoms with Crippen LogP contribution in [0.3, 0.4) is 0 Å². The van der Waals surface area contributed by atoms with Crippen LogP contribution in [-0.2, 0) is 9.53 Å². The first-order valence-corrected chi connectivity index (χ1v) is 8.53. The SMILES string of the molecule is CCNC(=O)[C@@H](C)OC(=O)c1cc(OCC)c(OCC)c(OCC)c1. The second kappa shape index (κ2) is 10.4. The Kier molecular flexibility index (Phi) is 8.60. The fourth-order valence-corrected chi connectivity index (χ4v) is 2.11. The maximum atomic E-state index is 12.4. The van der Waals surface area contributed by atoms with Crippen LogP contribution >= 0.6 is 0 Å². The average molecular weight is 353 g/mol. The van der Waals surface area contributed by atoms with E-state index >= 15 is 0 Å². The summed E-state index contributed by atoms with van der Waals surface area (Å²) in [5.74, 6) is 0.251. The summed E-state index contributed by atoms with van der Waals surface area (Å²) >= 11 is 0. The molecule has 1 atom stereocenters. The van der Waals surface area contributed by atoms with Gasteiger partial charge in [-0.15, -0.1) is 0 Å². The molecule has 1 amide bonds. The Balaban J connectivity index is 3.12. The van der Waals surface area contributed by atoms with E-state index in [0.717, 1.165) is 0 Å². The second-order valence-corrected chi connectivity index (χ2v) is 5.04. The zero-order chi connectivity index (χ0) is 18.8. The molecule has 1 aromatic rings. The molecular weight excluding hydrogens is 326 g/mol.